The van der Waals surface area contributed by atoms with Crippen molar-refractivity contribution in [3.8, 4) is 0 Å². The third kappa shape index (κ3) is 3.50. The molecule has 3 atom stereocenters. The van der Waals surface area contributed by atoms with Crippen LogP contribution in [0.1, 0.15) is 65.2 Å². The monoisotopic (exact) mass is 296 g/mol. The van der Waals surface area contributed by atoms with Gasteiger partial charge in [-0.05, 0) is 44.4 Å². The second-order valence-electron chi connectivity index (χ2n) is 6.41. The summed E-state index contributed by atoms with van der Waals surface area (Å²) in [4.78, 5) is 25.9. The van der Waals surface area contributed by atoms with Gasteiger partial charge in [0.15, 0.2) is 0 Å². The van der Waals surface area contributed by atoms with E-state index in [1.807, 2.05) is 13.8 Å². The van der Waals surface area contributed by atoms with Crippen LogP contribution >= 0.6 is 0 Å². The number of piperidine rings is 1. The Morgan fingerprint density at radius 1 is 1.14 bits per heavy atom. The molecule has 0 aromatic heterocycles. The van der Waals surface area contributed by atoms with Crippen LogP contribution in [-0.4, -0.2) is 40.1 Å². The number of carboxylic acid groups (broad SMARTS) is 1. The fourth-order valence-corrected chi connectivity index (χ4v) is 3.91. The predicted molar refractivity (Wildman–Crippen MR) is 81.1 cm³/mol. The molecule has 1 aliphatic heterocycles. The van der Waals surface area contributed by atoms with Crippen molar-refractivity contribution in [3.05, 3.63) is 0 Å². The van der Waals surface area contributed by atoms with Gasteiger partial charge in [0.1, 0.15) is 6.04 Å². The third-order valence-electron chi connectivity index (χ3n) is 5.21. The van der Waals surface area contributed by atoms with Crippen molar-refractivity contribution in [2.45, 2.75) is 83.3 Å². The van der Waals surface area contributed by atoms with Crippen molar-refractivity contribution in [1.82, 2.24) is 10.2 Å². The van der Waals surface area contributed by atoms with Crippen LogP contribution in [0.4, 0.5) is 4.79 Å². The van der Waals surface area contributed by atoms with Crippen molar-refractivity contribution >= 4 is 12.0 Å². The van der Waals surface area contributed by atoms with E-state index in [4.69, 9.17) is 0 Å². The fraction of sp³-hybridized carbons (Fsp3) is 0.875. The number of hydrogen-bond donors (Lipinski definition) is 2. The Hall–Kier alpha value is -1.26. The van der Waals surface area contributed by atoms with Crippen LogP contribution in [-0.2, 0) is 4.79 Å². The minimum atomic E-state index is -0.862. The van der Waals surface area contributed by atoms with Crippen molar-refractivity contribution < 1.29 is 14.7 Å². The smallest absolute Gasteiger partial charge is 0.326 e. The first-order valence-electron chi connectivity index (χ1n) is 8.40. The van der Waals surface area contributed by atoms with Gasteiger partial charge in [-0.15, -0.1) is 0 Å². The maximum atomic E-state index is 12.6. The van der Waals surface area contributed by atoms with Crippen LogP contribution in [0.15, 0.2) is 0 Å². The molecule has 2 aliphatic rings. The van der Waals surface area contributed by atoms with Crippen LogP contribution in [0, 0.1) is 5.92 Å². The minimum Gasteiger partial charge on any atom is -0.480 e. The summed E-state index contributed by atoms with van der Waals surface area (Å²) >= 11 is 0. The molecule has 2 rings (SSSR count). The first-order valence-corrected chi connectivity index (χ1v) is 8.40. The molecule has 5 heteroatoms. The predicted octanol–water partition coefficient (Wildman–Crippen LogP) is 2.99. The second-order valence-corrected chi connectivity index (χ2v) is 6.41. The van der Waals surface area contributed by atoms with E-state index < -0.39 is 12.0 Å². The Bertz CT molecular complexity index is 382. The molecule has 0 radical (unpaired) electrons. The molecule has 0 spiro atoms. The maximum Gasteiger partial charge on any atom is 0.326 e. The van der Waals surface area contributed by atoms with Crippen LogP contribution in [0.5, 0.6) is 0 Å². The summed E-state index contributed by atoms with van der Waals surface area (Å²) in [5.41, 5.74) is 0. The normalized spacial score (nSPS) is 29.1. The Kier molecular flexibility index (Phi) is 5.48. The lowest BCUT2D eigenvalue weighted by atomic mass is 9.76. The first kappa shape index (κ1) is 16.1. The van der Waals surface area contributed by atoms with E-state index in [-0.39, 0.29) is 18.1 Å². The number of fused-ring (bicyclic) bond motifs is 1. The zero-order chi connectivity index (χ0) is 15.4. The summed E-state index contributed by atoms with van der Waals surface area (Å²) in [6.07, 6.45) is 7.67. The van der Waals surface area contributed by atoms with Crippen LogP contribution in [0.2, 0.25) is 0 Å². The second kappa shape index (κ2) is 7.14. The highest BCUT2D eigenvalue weighted by Gasteiger charge is 2.44. The third-order valence-corrected chi connectivity index (χ3v) is 5.21. The number of likely N-dealkylation sites (tertiary alicyclic amines) is 1. The first-order chi connectivity index (χ1) is 10.1. The van der Waals surface area contributed by atoms with Crippen LogP contribution in [0.3, 0.4) is 0 Å². The van der Waals surface area contributed by atoms with Gasteiger partial charge in [-0.1, -0.05) is 26.7 Å². The molecule has 0 aromatic carbocycles. The van der Waals surface area contributed by atoms with Gasteiger partial charge in [-0.2, -0.15) is 0 Å². The summed E-state index contributed by atoms with van der Waals surface area (Å²) in [6.45, 7) is 4.09. The summed E-state index contributed by atoms with van der Waals surface area (Å²) in [5, 5.41) is 12.5. The van der Waals surface area contributed by atoms with Crippen LogP contribution < -0.4 is 5.32 Å². The van der Waals surface area contributed by atoms with E-state index in [0.717, 1.165) is 38.5 Å². The van der Waals surface area contributed by atoms with Gasteiger partial charge in [0.2, 0.25) is 0 Å². The topological polar surface area (TPSA) is 69.6 Å². The molecular formula is C16H28N2O3. The van der Waals surface area contributed by atoms with Gasteiger partial charge in [0.05, 0.1) is 0 Å². The van der Waals surface area contributed by atoms with E-state index in [2.05, 4.69) is 5.32 Å². The minimum absolute atomic E-state index is 0.114. The molecule has 5 nitrogen and oxygen atoms in total. The Labute approximate surface area is 127 Å². The largest absolute Gasteiger partial charge is 0.480 e. The summed E-state index contributed by atoms with van der Waals surface area (Å²) in [5.74, 6) is -0.375. The highest BCUT2D eigenvalue weighted by molar-refractivity contribution is 5.83. The van der Waals surface area contributed by atoms with E-state index in [0.29, 0.717) is 12.3 Å². The molecule has 21 heavy (non-hydrogen) atoms. The molecule has 1 saturated carbocycles. The molecular weight excluding hydrogens is 268 g/mol. The molecule has 2 amide bonds. The number of urea groups is 1. The molecule has 2 fully saturated rings. The van der Waals surface area contributed by atoms with E-state index in [1.54, 1.807) is 4.90 Å². The number of rotatable bonds is 4. The van der Waals surface area contributed by atoms with E-state index in [1.165, 1.54) is 6.42 Å². The van der Waals surface area contributed by atoms with Gasteiger partial charge >= 0.3 is 12.0 Å². The SMILES string of the molecule is CCC(CC)NC(=O)N1C(C(=O)O)CCC2CCCCC21. The number of amides is 2. The molecule has 3 unspecified atom stereocenters. The van der Waals surface area contributed by atoms with Gasteiger partial charge in [0, 0.05) is 12.1 Å². The lowest BCUT2D eigenvalue weighted by Crippen LogP contribution is -2.60. The number of carbonyl (C=O) groups excluding carboxylic acids is 1. The Morgan fingerprint density at radius 2 is 1.81 bits per heavy atom. The zero-order valence-corrected chi connectivity index (χ0v) is 13.2. The van der Waals surface area contributed by atoms with E-state index >= 15 is 0 Å². The fourth-order valence-electron chi connectivity index (χ4n) is 3.91. The van der Waals surface area contributed by atoms with Crippen LogP contribution in [0.25, 0.3) is 0 Å². The molecule has 0 bridgehead atoms. The highest BCUT2D eigenvalue weighted by atomic mass is 16.4. The van der Waals surface area contributed by atoms with Crippen molar-refractivity contribution in [2.75, 3.05) is 0 Å². The van der Waals surface area contributed by atoms with Gasteiger partial charge in [0.25, 0.3) is 0 Å². The van der Waals surface area contributed by atoms with Crippen molar-refractivity contribution in [2.24, 2.45) is 5.92 Å². The standard InChI is InChI=1S/C16H28N2O3/c1-3-12(4-2)17-16(21)18-13-8-6-5-7-11(13)9-10-14(18)15(19)20/h11-14H,3-10H2,1-2H3,(H,17,21)(H,19,20). The van der Waals surface area contributed by atoms with E-state index in [9.17, 15) is 14.7 Å². The average Bonchev–Trinajstić information content (AvgIpc) is 2.50. The average molecular weight is 296 g/mol. The number of aliphatic carboxylic acids is 1. The summed E-state index contributed by atoms with van der Waals surface area (Å²) < 4.78 is 0. The number of nitrogens with one attached hydrogen (secondary N) is 1. The highest BCUT2D eigenvalue weighted by Crippen LogP contribution is 2.38. The summed E-state index contributed by atoms with van der Waals surface area (Å²) in [7, 11) is 0. The van der Waals surface area contributed by atoms with Gasteiger partial charge in [-0.3, -0.25) is 0 Å². The summed E-state index contributed by atoms with van der Waals surface area (Å²) in [6, 6.07) is -0.578. The number of carbonyl (C=O) groups is 2. The maximum absolute atomic E-state index is 12.6. The van der Waals surface area contributed by atoms with Gasteiger partial charge in [-0.25, -0.2) is 9.59 Å². The molecule has 1 aliphatic carbocycles. The van der Waals surface area contributed by atoms with Crippen molar-refractivity contribution in [3.63, 3.8) is 0 Å². The number of nitrogens with zero attached hydrogens (tertiary/aromatic N) is 1. The molecule has 1 saturated heterocycles. The molecule has 0 aromatic rings. The molecule has 2 N–H and O–H groups in total. The Balaban J connectivity index is 2.15. The zero-order valence-electron chi connectivity index (χ0n) is 13.2. The number of carboxylic acids is 1. The van der Waals surface area contributed by atoms with Crippen molar-refractivity contribution in [1.29, 1.82) is 0 Å². The molecule has 120 valence electrons. The number of hydrogen-bond acceptors (Lipinski definition) is 2. The lowest BCUT2D eigenvalue weighted by molar-refractivity contribution is -0.145. The quantitative estimate of drug-likeness (QED) is 0.838. The molecule has 1 heterocycles. The van der Waals surface area contributed by atoms with Gasteiger partial charge < -0.3 is 15.3 Å². The Morgan fingerprint density at radius 3 is 2.43 bits per heavy atom. The lowest BCUT2D eigenvalue weighted by Gasteiger charge is -2.47.